The lowest BCUT2D eigenvalue weighted by atomic mass is 9.70. The van der Waals surface area contributed by atoms with Crippen LogP contribution in [-0.2, 0) is 29.1 Å². The minimum atomic E-state index is -0.180. The third-order valence-electron chi connectivity index (χ3n) is 30.2. The second-order valence-electron chi connectivity index (χ2n) is 40.2. The molecule has 13 aromatic rings. The van der Waals surface area contributed by atoms with Crippen molar-refractivity contribution in [3.05, 3.63) is 309 Å². The number of benzene rings is 12. The van der Waals surface area contributed by atoms with Crippen LogP contribution in [0, 0.1) is 13.8 Å². The van der Waals surface area contributed by atoms with E-state index in [0.717, 1.165) is 42.7 Å². The Labute approximate surface area is 767 Å². The smallest absolute Gasteiger partial charge is 0.0547 e. The molecule has 2 nitrogen and oxygen atoms in total. The summed E-state index contributed by atoms with van der Waals surface area (Å²) in [6.07, 6.45) is 47.9. The molecule has 3 aliphatic carbocycles. The van der Waals surface area contributed by atoms with Crippen LogP contribution < -0.4 is 4.90 Å². The standard InChI is InChI=1S/C125H150N2/c1-12-18-24-30-34-46-80-124(81-47-35-31-25-19-13-2)112-76-75-107-118(104-73-59-94(92-50-42-38-43-51-92)85-110(104)119(107)120(112)105-72-58-91(8)84-114(105)124)109-88-96(54-40-28-22-16-5)108(87-97(109)55-41-29-23-17-6)98-60-74-106-115(89-98)125(82-48-36-32-26-20-14-3,83-49-37-33-27-21-15-4)113-77-79-117-122(121(106)113)111-86-95(93-52-44-39-45-53-93)61-78-116(111)127(117)103-70-68-102(69-71-103)126(100-64-56-90(7)57-65-100)101-66-62-99(63-67-101)123(9,10)11/h38-39,42-45,50-53,56-79,84-89,118H,12-37,40-41,46-49,54-55,80-83H2,1-11H3. The maximum atomic E-state index is 2.86. The molecule has 0 bridgehead atoms. The fourth-order valence-corrected chi connectivity index (χ4v) is 23.2. The van der Waals surface area contributed by atoms with Gasteiger partial charge in [0, 0.05) is 50.3 Å². The number of rotatable bonds is 46. The lowest BCUT2D eigenvalue weighted by Gasteiger charge is -2.33. The molecular formula is C125H150N2. The molecule has 0 saturated carbocycles. The molecule has 1 atom stereocenters. The molecule has 0 fully saturated rings. The largest absolute Gasteiger partial charge is 0.311 e. The van der Waals surface area contributed by atoms with Gasteiger partial charge < -0.3 is 9.47 Å². The Morgan fingerprint density at radius 1 is 0.291 bits per heavy atom. The van der Waals surface area contributed by atoms with Crippen molar-refractivity contribution in [1.82, 2.24) is 4.57 Å². The number of hydrogen-bond donors (Lipinski definition) is 0. The summed E-state index contributed by atoms with van der Waals surface area (Å²) in [4.78, 5) is 2.44. The average Bonchev–Trinajstić information content (AvgIpc) is 1.53. The fourth-order valence-electron chi connectivity index (χ4n) is 23.2. The molecule has 0 radical (unpaired) electrons. The first kappa shape index (κ1) is 90.6. The molecule has 0 aliphatic heterocycles. The Bertz CT molecular complexity index is 5770. The van der Waals surface area contributed by atoms with Gasteiger partial charge in [-0.3, -0.25) is 0 Å². The van der Waals surface area contributed by atoms with E-state index in [2.05, 4.69) is 328 Å². The van der Waals surface area contributed by atoms with Gasteiger partial charge in [-0.2, -0.15) is 0 Å². The normalized spacial score (nSPS) is 13.9. The lowest BCUT2D eigenvalue weighted by molar-refractivity contribution is 0.397. The van der Waals surface area contributed by atoms with E-state index in [1.54, 1.807) is 38.9 Å². The van der Waals surface area contributed by atoms with Crippen molar-refractivity contribution in [3.8, 4) is 72.4 Å². The average molecular weight is 1680 g/mol. The van der Waals surface area contributed by atoms with Crippen molar-refractivity contribution in [3.63, 3.8) is 0 Å². The van der Waals surface area contributed by atoms with Gasteiger partial charge in [-0.05, 0) is 272 Å². The van der Waals surface area contributed by atoms with Crippen molar-refractivity contribution in [2.24, 2.45) is 0 Å². The van der Waals surface area contributed by atoms with Crippen LogP contribution >= 0.6 is 0 Å². The Kier molecular flexibility index (Phi) is 30.1. The number of aryl methyl sites for hydroxylation is 4. The molecule has 12 aromatic carbocycles. The molecule has 1 unspecified atom stereocenters. The van der Waals surface area contributed by atoms with Crippen molar-refractivity contribution in [1.29, 1.82) is 0 Å². The number of nitrogens with zero attached hydrogens (tertiary/aromatic N) is 2. The molecule has 0 spiro atoms. The van der Waals surface area contributed by atoms with Crippen molar-refractivity contribution < 1.29 is 0 Å². The first-order chi connectivity index (χ1) is 62.2. The minimum Gasteiger partial charge on any atom is -0.311 e. The maximum Gasteiger partial charge on any atom is 0.0547 e. The summed E-state index contributed by atoms with van der Waals surface area (Å²) in [5.74, 6) is 0.0947. The van der Waals surface area contributed by atoms with E-state index in [9.17, 15) is 0 Å². The van der Waals surface area contributed by atoms with Gasteiger partial charge in [0.1, 0.15) is 0 Å². The van der Waals surface area contributed by atoms with Gasteiger partial charge in [-0.1, -0.05) is 430 Å². The van der Waals surface area contributed by atoms with E-state index in [-0.39, 0.29) is 22.2 Å². The quantitative estimate of drug-likeness (QED) is 0.0345. The highest BCUT2D eigenvalue weighted by Crippen LogP contribution is 2.64. The SMILES string of the molecule is CCCCCCCCC1(CCCCCCCC)c2cc(C)ccc2-c2c1ccc1c2-c2cc(-c3ccccc3)ccc2C1c1cc(CCCCCC)c(-c2ccc3c(c2)C(CCCCCCCC)(CCCCCCCC)c2ccc4c(c2-3)c2cc(-c3ccccc3)ccc2n4-c2ccc(N(c3ccc(C)cc3)c3ccc(C(C)(C)C)cc3)cc2)cc1CCCCCC. The molecule has 1 aromatic heterocycles. The minimum absolute atomic E-state index is 0.0248. The van der Waals surface area contributed by atoms with Crippen LogP contribution in [0.15, 0.2) is 243 Å². The lowest BCUT2D eigenvalue weighted by Crippen LogP contribution is -2.25. The zero-order valence-electron chi connectivity index (χ0n) is 79.9. The van der Waals surface area contributed by atoms with Crippen LogP contribution in [0.25, 0.3) is 94.3 Å². The molecule has 127 heavy (non-hydrogen) atoms. The summed E-state index contributed by atoms with van der Waals surface area (Å²) < 4.78 is 2.62. The fraction of sp³-hybridized carbons (Fsp3) is 0.424. The van der Waals surface area contributed by atoms with E-state index in [1.807, 2.05) is 0 Å². The summed E-state index contributed by atoms with van der Waals surface area (Å²) in [6, 6.07) is 97.9. The summed E-state index contributed by atoms with van der Waals surface area (Å²) in [7, 11) is 0. The highest BCUT2D eigenvalue weighted by atomic mass is 15.1. The molecule has 0 N–H and O–H groups in total. The van der Waals surface area contributed by atoms with Gasteiger partial charge in [-0.15, -0.1) is 0 Å². The van der Waals surface area contributed by atoms with Crippen molar-refractivity contribution >= 4 is 38.9 Å². The zero-order chi connectivity index (χ0) is 87.9. The van der Waals surface area contributed by atoms with Gasteiger partial charge in [0.15, 0.2) is 0 Å². The van der Waals surface area contributed by atoms with E-state index in [4.69, 9.17) is 0 Å². The molecule has 0 amide bonds. The molecule has 2 heteroatoms. The summed E-state index contributed by atoms with van der Waals surface area (Å²) in [5, 5.41) is 2.72. The van der Waals surface area contributed by atoms with Gasteiger partial charge in [-0.25, -0.2) is 0 Å². The highest BCUT2D eigenvalue weighted by Gasteiger charge is 2.48. The number of aromatic nitrogens is 1. The van der Waals surface area contributed by atoms with Gasteiger partial charge in [0.2, 0.25) is 0 Å². The monoisotopic (exact) mass is 1680 g/mol. The van der Waals surface area contributed by atoms with Gasteiger partial charge in [0.05, 0.1) is 11.0 Å². The van der Waals surface area contributed by atoms with Crippen LogP contribution in [-0.4, -0.2) is 4.57 Å². The third-order valence-corrected chi connectivity index (χ3v) is 30.2. The molecule has 0 saturated heterocycles. The number of unbranched alkanes of at least 4 members (excludes halogenated alkanes) is 26. The van der Waals surface area contributed by atoms with E-state index in [0.29, 0.717) is 0 Å². The van der Waals surface area contributed by atoms with Crippen LogP contribution in [0.5, 0.6) is 0 Å². The van der Waals surface area contributed by atoms with Gasteiger partial charge >= 0.3 is 0 Å². The second-order valence-corrected chi connectivity index (χ2v) is 40.2. The number of fused-ring (bicyclic) bond motifs is 14. The van der Waals surface area contributed by atoms with E-state index in [1.165, 1.54) is 340 Å². The van der Waals surface area contributed by atoms with Crippen LogP contribution in [0.2, 0.25) is 0 Å². The summed E-state index contributed by atoms with van der Waals surface area (Å²) >= 11 is 0. The zero-order valence-corrected chi connectivity index (χ0v) is 79.9. The molecule has 1 heterocycles. The van der Waals surface area contributed by atoms with E-state index >= 15 is 0 Å². The maximum absolute atomic E-state index is 2.86. The van der Waals surface area contributed by atoms with Gasteiger partial charge in [0.25, 0.3) is 0 Å². The molecule has 660 valence electrons. The summed E-state index contributed by atoms with van der Waals surface area (Å²) in [5.41, 5.74) is 42.0. The van der Waals surface area contributed by atoms with Crippen molar-refractivity contribution in [2.45, 2.75) is 342 Å². The first-order valence-corrected chi connectivity index (χ1v) is 51.3. The molecular weight excluding hydrogens is 1530 g/mol. The second kappa shape index (κ2) is 42.2. The van der Waals surface area contributed by atoms with Crippen LogP contribution in [0.3, 0.4) is 0 Å². The number of hydrogen-bond acceptors (Lipinski definition) is 1. The predicted molar refractivity (Wildman–Crippen MR) is 553 cm³/mol. The van der Waals surface area contributed by atoms with Crippen LogP contribution in [0.1, 0.15) is 366 Å². The Balaban J connectivity index is 0.900. The molecule has 16 rings (SSSR count). The third kappa shape index (κ3) is 19.3. The number of anilines is 3. The van der Waals surface area contributed by atoms with E-state index < -0.39 is 0 Å². The summed E-state index contributed by atoms with van der Waals surface area (Å²) in [6.45, 7) is 25.7. The molecule has 3 aliphatic rings. The van der Waals surface area contributed by atoms with Crippen LogP contribution in [0.4, 0.5) is 17.1 Å². The first-order valence-electron chi connectivity index (χ1n) is 51.3. The Morgan fingerprint density at radius 3 is 1.28 bits per heavy atom. The topological polar surface area (TPSA) is 8.17 Å². The van der Waals surface area contributed by atoms with Crippen molar-refractivity contribution in [2.75, 3.05) is 4.90 Å². The highest BCUT2D eigenvalue weighted by molar-refractivity contribution is 6.19. The predicted octanol–water partition coefficient (Wildman–Crippen LogP) is 38.1. The Hall–Kier alpha value is -9.76. The Morgan fingerprint density at radius 2 is 0.724 bits per heavy atom.